The van der Waals surface area contributed by atoms with E-state index in [-0.39, 0.29) is 0 Å². The van der Waals surface area contributed by atoms with Crippen LogP contribution in [0.3, 0.4) is 0 Å². The zero-order chi connectivity index (χ0) is 45.5. The molecule has 6 aromatic rings. The van der Waals surface area contributed by atoms with Crippen LogP contribution in [0.25, 0.3) is 0 Å². The van der Waals surface area contributed by atoms with Gasteiger partial charge in [0.05, 0.1) is 0 Å². The maximum absolute atomic E-state index is 7.87. The summed E-state index contributed by atoms with van der Waals surface area (Å²) in [5.41, 5.74) is 17.5. The number of aryl methyl sites for hydroxylation is 3. The van der Waals surface area contributed by atoms with Gasteiger partial charge in [0.1, 0.15) is 0 Å². The minimum absolute atomic E-state index is 1.08. The monoisotopic (exact) mass is 889 g/mol. The van der Waals surface area contributed by atoms with Crippen LogP contribution in [0.1, 0.15) is 112 Å². The average Bonchev–Trinajstić information content (AvgIpc) is 3.29. The first kappa shape index (κ1) is 52.0. The summed E-state index contributed by atoms with van der Waals surface area (Å²) in [6, 6.07) is 44.7. The Morgan fingerprint density at radius 3 is 0.742 bits per heavy atom. The molecule has 0 saturated heterocycles. The number of hydrogen-bond acceptors (Lipinski definition) is 4. The van der Waals surface area contributed by atoms with E-state index >= 15 is 0 Å². The fourth-order valence-corrected chi connectivity index (χ4v) is 8.13. The molecule has 0 saturated carbocycles. The highest BCUT2D eigenvalue weighted by Gasteiger charge is 2.12. The molecular formula is C54H72N3O2PS2. The first-order valence-electron chi connectivity index (χ1n) is 22.5. The van der Waals surface area contributed by atoms with Gasteiger partial charge in [-0.3, -0.25) is 0 Å². The molecule has 6 rings (SSSR count). The number of para-hydroxylation sites is 3. The van der Waals surface area contributed by atoms with Crippen LogP contribution in [0.2, 0.25) is 0 Å². The predicted molar refractivity (Wildman–Crippen MR) is 281 cm³/mol. The Kier molecular flexibility index (Phi) is 23.2. The number of rotatable bonds is 15. The second-order valence-electron chi connectivity index (χ2n) is 14.9. The fraction of sp³-hybridized carbons (Fsp3) is 0.333. The van der Waals surface area contributed by atoms with E-state index in [4.69, 9.17) is 9.79 Å². The highest BCUT2D eigenvalue weighted by Crippen LogP contribution is 2.39. The molecule has 0 fully saturated rings. The second kappa shape index (κ2) is 27.6. The van der Waals surface area contributed by atoms with Crippen molar-refractivity contribution >= 4 is 63.9 Å². The minimum Gasteiger partial charge on any atom is -0.355 e. The molecule has 0 aliphatic rings. The molecule has 0 spiro atoms. The Labute approximate surface area is 385 Å². The smallest absolute Gasteiger partial charge is 0.239 e. The van der Waals surface area contributed by atoms with Crippen molar-refractivity contribution in [3.05, 3.63) is 177 Å². The van der Waals surface area contributed by atoms with Gasteiger partial charge in [-0.15, -0.1) is 0 Å². The molecule has 0 bridgehead atoms. The summed E-state index contributed by atoms with van der Waals surface area (Å²) in [5, 5.41) is 10.6. The zero-order valence-electron chi connectivity index (χ0n) is 38.7. The lowest BCUT2D eigenvalue weighted by molar-refractivity contribution is 0.503. The fourth-order valence-electron chi connectivity index (χ4n) is 8.13. The molecule has 0 aliphatic heterocycles. The molecule has 0 unspecified atom stereocenters. The van der Waals surface area contributed by atoms with Gasteiger partial charge in [-0.25, -0.2) is 0 Å². The van der Waals surface area contributed by atoms with E-state index in [2.05, 4.69) is 212 Å². The number of hydrogen-bond donors (Lipinski definition) is 6. The van der Waals surface area contributed by atoms with Crippen LogP contribution in [-0.2, 0) is 69.6 Å². The van der Waals surface area contributed by atoms with Crippen molar-refractivity contribution < 1.29 is 9.79 Å². The Morgan fingerprint density at radius 2 is 0.565 bits per heavy atom. The van der Waals surface area contributed by atoms with E-state index < -0.39 is 5.69 Å². The Bertz CT molecular complexity index is 2010. The third kappa shape index (κ3) is 16.4. The summed E-state index contributed by atoms with van der Waals surface area (Å²) in [6.07, 6.45) is 9.89. The molecule has 0 amide bonds. The first-order valence-corrected chi connectivity index (χ1v) is 26.4. The summed E-state index contributed by atoms with van der Waals surface area (Å²) in [6.45, 7) is 20.2. The van der Waals surface area contributed by atoms with Crippen molar-refractivity contribution in [2.45, 2.75) is 120 Å². The van der Waals surface area contributed by atoms with Gasteiger partial charge in [-0.1, -0.05) is 147 Å². The van der Waals surface area contributed by atoms with Gasteiger partial charge in [0.25, 0.3) is 0 Å². The Morgan fingerprint density at radius 1 is 0.355 bits per heavy atom. The van der Waals surface area contributed by atoms with Crippen LogP contribution < -0.4 is 16.0 Å². The highest BCUT2D eigenvalue weighted by molar-refractivity contribution is 8.59. The largest absolute Gasteiger partial charge is 0.355 e. The average molecular weight is 890 g/mol. The summed E-state index contributed by atoms with van der Waals surface area (Å²) in [4.78, 5) is 15.7. The molecular weight excluding hydrogens is 818 g/mol. The van der Waals surface area contributed by atoms with Crippen LogP contribution in [-0.4, -0.2) is 9.79 Å². The SMILES string of the molecule is CCc1ccc(Nc2ccccc2)c(CC)c1CC.CCc1ccc(Nc2ccccc2)c(CC)c1CC.CCc1ccc(Nc2ccccc2)c(CC)c1CC.OP(O)(=S)S. The topological polar surface area (TPSA) is 76.5 Å². The Balaban J connectivity index is 0.000000234. The third-order valence-electron chi connectivity index (χ3n) is 11.0. The van der Waals surface area contributed by atoms with E-state index in [1.54, 1.807) is 0 Å². The van der Waals surface area contributed by atoms with Gasteiger partial charge in [0, 0.05) is 34.1 Å². The van der Waals surface area contributed by atoms with Gasteiger partial charge in [0.15, 0.2) is 0 Å². The van der Waals surface area contributed by atoms with Crippen LogP contribution in [0.5, 0.6) is 0 Å². The van der Waals surface area contributed by atoms with Crippen molar-refractivity contribution in [2.75, 3.05) is 16.0 Å². The predicted octanol–water partition coefficient (Wildman–Crippen LogP) is 15.5. The van der Waals surface area contributed by atoms with E-state index in [1.807, 2.05) is 18.2 Å². The molecule has 5 nitrogen and oxygen atoms in total. The molecule has 0 heterocycles. The summed E-state index contributed by atoms with van der Waals surface area (Å²) in [5.74, 6) is 0. The quantitative estimate of drug-likeness (QED) is 0.0456. The lowest BCUT2D eigenvalue weighted by Crippen LogP contribution is -2.03. The van der Waals surface area contributed by atoms with E-state index in [9.17, 15) is 0 Å². The number of thiol groups is 1. The normalized spacial score (nSPS) is 10.6. The van der Waals surface area contributed by atoms with Crippen LogP contribution >= 0.6 is 17.9 Å². The maximum Gasteiger partial charge on any atom is 0.239 e. The lowest BCUT2D eigenvalue weighted by Gasteiger charge is -2.17. The van der Waals surface area contributed by atoms with Crippen molar-refractivity contribution in [1.29, 1.82) is 0 Å². The maximum atomic E-state index is 7.87. The van der Waals surface area contributed by atoms with Gasteiger partial charge in [-0.2, -0.15) is 0 Å². The van der Waals surface area contributed by atoms with Crippen molar-refractivity contribution in [3.8, 4) is 0 Å². The van der Waals surface area contributed by atoms with Crippen molar-refractivity contribution in [1.82, 2.24) is 0 Å². The summed E-state index contributed by atoms with van der Waals surface area (Å²) >= 11 is 7.07. The van der Waals surface area contributed by atoms with E-state index in [0.29, 0.717) is 0 Å². The van der Waals surface area contributed by atoms with Crippen molar-refractivity contribution in [2.24, 2.45) is 0 Å². The number of benzene rings is 6. The lowest BCUT2D eigenvalue weighted by atomic mass is 9.94. The molecule has 5 N–H and O–H groups in total. The summed E-state index contributed by atoms with van der Waals surface area (Å²) < 4.78 is 0. The number of nitrogens with one attached hydrogen (secondary N) is 3. The molecule has 0 radical (unpaired) electrons. The Hall–Kier alpha value is -4.36. The van der Waals surface area contributed by atoms with Crippen LogP contribution in [0.4, 0.5) is 34.1 Å². The van der Waals surface area contributed by atoms with E-state index in [1.165, 1.54) is 67.1 Å². The first-order chi connectivity index (χ1) is 29.9. The van der Waals surface area contributed by atoms with Gasteiger partial charge in [-0.05, 0) is 174 Å². The molecule has 0 aliphatic carbocycles. The van der Waals surface area contributed by atoms with Crippen LogP contribution in [0, 0.1) is 0 Å². The number of anilines is 6. The molecule has 8 heteroatoms. The van der Waals surface area contributed by atoms with Gasteiger partial charge >= 0.3 is 0 Å². The second-order valence-corrected chi connectivity index (χ2v) is 19.9. The molecule has 0 atom stereocenters. The van der Waals surface area contributed by atoms with E-state index in [0.717, 1.165) is 74.8 Å². The minimum atomic E-state index is -3.11. The zero-order valence-corrected chi connectivity index (χ0v) is 41.3. The van der Waals surface area contributed by atoms with Crippen LogP contribution in [0.15, 0.2) is 127 Å². The standard InChI is InChI=1S/3C18H23N.H3O2PS2/c3*1-4-14-12-13-18(17(6-3)16(14)5-2)19-15-10-8-7-9-11-15;1-3(2,4)5/h3*7-13,19H,4-6H2,1-3H3;(H3,1,2,4,5). The van der Waals surface area contributed by atoms with Crippen molar-refractivity contribution in [3.63, 3.8) is 0 Å². The molecule has 332 valence electrons. The third-order valence-corrected chi connectivity index (χ3v) is 11.0. The summed E-state index contributed by atoms with van der Waals surface area (Å²) in [7, 11) is 0. The molecule has 62 heavy (non-hydrogen) atoms. The van der Waals surface area contributed by atoms with Gasteiger partial charge < -0.3 is 25.7 Å². The molecule has 6 aromatic carbocycles. The highest BCUT2D eigenvalue weighted by atomic mass is 32.9. The van der Waals surface area contributed by atoms with Gasteiger partial charge in [0.2, 0.25) is 5.69 Å². The molecule has 0 aromatic heterocycles.